The lowest BCUT2D eigenvalue weighted by Crippen LogP contribution is -2.39. The predicted molar refractivity (Wildman–Crippen MR) is 110 cm³/mol. The number of sulfonamides is 1. The van der Waals surface area contributed by atoms with Gasteiger partial charge in [0.25, 0.3) is 0 Å². The van der Waals surface area contributed by atoms with Crippen molar-refractivity contribution in [2.45, 2.75) is 43.2 Å². The number of aryl methyl sites for hydroxylation is 1. The van der Waals surface area contributed by atoms with Crippen LogP contribution in [0, 0.1) is 6.92 Å². The molecule has 1 fully saturated rings. The van der Waals surface area contributed by atoms with E-state index in [1.54, 1.807) is 6.07 Å². The molecule has 0 aliphatic heterocycles. The molecule has 7 nitrogen and oxygen atoms in total. The van der Waals surface area contributed by atoms with E-state index < -0.39 is 22.2 Å². The van der Waals surface area contributed by atoms with Crippen LogP contribution < -0.4 is 10.5 Å². The smallest absolute Gasteiger partial charge is 0.240 e. The molecular weight excluding hydrogens is 400 g/mol. The molecule has 4 rings (SSSR count). The molecule has 0 spiro atoms. The summed E-state index contributed by atoms with van der Waals surface area (Å²) in [6.07, 6.45) is 1.37. The number of hydrogen-bond donors (Lipinski definition) is 4. The second-order valence-corrected chi connectivity index (χ2v) is 9.26. The van der Waals surface area contributed by atoms with Crippen molar-refractivity contribution in [1.29, 1.82) is 0 Å². The molecule has 0 amide bonds. The van der Waals surface area contributed by atoms with Crippen LogP contribution in [0.25, 0.3) is 22.0 Å². The second-order valence-electron chi connectivity index (χ2n) is 7.14. The monoisotopic (exact) mass is 420 g/mol. The van der Waals surface area contributed by atoms with Gasteiger partial charge in [-0.25, -0.2) is 13.1 Å². The number of nitrogen functional groups attached to an aromatic ring is 1. The van der Waals surface area contributed by atoms with Gasteiger partial charge in [0.15, 0.2) is 5.82 Å². The van der Waals surface area contributed by atoms with Crippen molar-refractivity contribution >= 4 is 38.3 Å². The van der Waals surface area contributed by atoms with Gasteiger partial charge < -0.3 is 10.8 Å². The lowest BCUT2D eigenvalue weighted by atomic mass is 9.97. The molecule has 5 N–H and O–H groups in total. The third kappa shape index (κ3) is 3.26. The molecule has 1 aromatic heterocycles. The van der Waals surface area contributed by atoms with Crippen LogP contribution in [0.15, 0.2) is 35.2 Å². The fourth-order valence-corrected chi connectivity index (χ4v) is 5.51. The van der Waals surface area contributed by atoms with Crippen LogP contribution in [-0.4, -0.2) is 35.9 Å². The molecule has 0 bridgehead atoms. The molecule has 0 unspecified atom stereocenters. The second kappa shape index (κ2) is 7.04. The van der Waals surface area contributed by atoms with Gasteiger partial charge in [0.1, 0.15) is 0 Å². The minimum absolute atomic E-state index is 0.0712. The Morgan fingerprint density at radius 1 is 1.25 bits per heavy atom. The molecule has 1 heterocycles. The fourth-order valence-electron chi connectivity index (χ4n) is 3.83. The Bertz CT molecular complexity index is 1160. The highest BCUT2D eigenvalue weighted by molar-refractivity contribution is 7.89. The van der Waals surface area contributed by atoms with Gasteiger partial charge in [-0.1, -0.05) is 23.7 Å². The zero-order chi connectivity index (χ0) is 20.1. The lowest BCUT2D eigenvalue weighted by molar-refractivity contribution is 0.159. The number of anilines is 1. The van der Waals surface area contributed by atoms with Crippen LogP contribution in [0.1, 0.15) is 24.8 Å². The molecule has 9 heteroatoms. The molecule has 2 atom stereocenters. The van der Waals surface area contributed by atoms with Gasteiger partial charge in [-0.2, -0.15) is 5.10 Å². The maximum Gasteiger partial charge on any atom is 0.240 e. The van der Waals surface area contributed by atoms with E-state index >= 15 is 0 Å². The highest BCUT2D eigenvalue weighted by Crippen LogP contribution is 2.36. The standard InChI is InChI=1S/C19H21ClN4O3S/c1-10-12(7-8-16-18(10)19(21)23-22-16)13-6-5-11(9-14(13)20)28(26,27)24-15-3-2-4-17(15)25/h5-9,15,17,24-25H,2-4H2,1H3,(H3,21,22,23)/t15-,17+/m1/s1. The van der Waals surface area contributed by atoms with Gasteiger partial charge >= 0.3 is 0 Å². The van der Waals surface area contributed by atoms with Crippen LogP contribution >= 0.6 is 11.6 Å². The van der Waals surface area contributed by atoms with Gasteiger partial charge in [0, 0.05) is 22.0 Å². The molecule has 28 heavy (non-hydrogen) atoms. The number of H-pyrrole nitrogens is 1. The zero-order valence-electron chi connectivity index (χ0n) is 15.2. The third-order valence-corrected chi connectivity index (χ3v) is 7.15. The average Bonchev–Trinajstić information content (AvgIpc) is 3.22. The fraction of sp³-hybridized carbons (Fsp3) is 0.316. The van der Waals surface area contributed by atoms with Crippen LogP contribution in [0.5, 0.6) is 0 Å². The normalized spacial score (nSPS) is 20.1. The number of aromatic amines is 1. The van der Waals surface area contributed by atoms with E-state index in [0.717, 1.165) is 28.5 Å². The maximum atomic E-state index is 12.7. The molecule has 0 saturated heterocycles. The largest absolute Gasteiger partial charge is 0.391 e. The Kier molecular flexibility index (Phi) is 4.83. The number of nitrogens with one attached hydrogen (secondary N) is 2. The number of aliphatic hydroxyl groups is 1. The Balaban J connectivity index is 1.70. The Morgan fingerprint density at radius 3 is 2.68 bits per heavy atom. The quantitative estimate of drug-likeness (QED) is 0.517. The topological polar surface area (TPSA) is 121 Å². The van der Waals surface area contributed by atoms with Crippen molar-refractivity contribution in [1.82, 2.24) is 14.9 Å². The first-order valence-corrected chi connectivity index (χ1v) is 10.9. The number of fused-ring (bicyclic) bond motifs is 1. The maximum absolute atomic E-state index is 12.7. The van der Waals surface area contributed by atoms with Crippen molar-refractivity contribution in [2.24, 2.45) is 0 Å². The molecule has 2 aromatic carbocycles. The number of halogens is 1. The van der Waals surface area contributed by atoms with Gasteiger partial charge in [-0.05, 0) is 55.5 Å². The number of hydrogen-bond acceptors (Lipinski definition) is 5. The van der Waals surface area contributed by atoms with Crippen LogP contribution in [0.3, 0.4) is 0 Å². The summed E-state index contributed by atoms with van der Waals surface area (Å²) in [6, 6.07) is 7.95. The SMILES string of the molecule is Cc1c(-c2ccc(S(=O)(=O)N[C@@H]3CCC[C@@H]3O)cc2Cl)ccc2[nH]nc(N)c12. The van der Waals surface area contributed by atoms with E-state index in [1.165, 1.54) is 12.1 Å². The summed E-state index contributed by atoms with van der Waals surface area (Å²) < 4.78 is 27.9. The number of nitrogens with zero attached hydrogens (tertiary/aromatic N) is 1. The summed E-state index contributed by atoms with van der Waals surface area (Å²) >= 11 is 6.46. The minimum Gasteiger partial charge on any atom is -0.391 e. The number of nitrogens with two attached hydrogens (primary N) is 1. The zero-order valence-corrected chi connectivity index (χ0v) is 16.8. The highest BCUT2D eigenvalue weighted by Gasteiger charge is 2.30. The predicted octanol–water partition coefficient (Wildman–Crippen LogP) is 2.97. The van der Waals surface area contributed by atoms with Crippen molar-refractivity contribution in [3.8, 4) is 11.1 Å². The summed E-state index contributed by atoms with van der Waals surface area (Å²) in [5.74, 6) is 0.406. The van der Waals surface area contributed by atoms with E-state index in [0.29, 0.717) is 29.2 Å². The van der Waals surface area contributed by atoms with Crippen LogP contribution in [0.4, 0.5) is 5.82 Å². The Morgan fingerprint density at radius 2 is 2.00 bits per heavy atom. The van der Waals surface area contributed by atoms with Gasteiger partial charge in [-0.3, -0.25) is 5.10 Å². The molecule has 1 saturated carbocycles. The third-order valence-electron chi connectivity index (χ3n) is 5.34. The van der Waals surface area contributed by atoms with Crippen molar-refractivity contribution in [3.63, 3.8) is 0 Å². The van der Waals surface area contributed by atoms with Crippen LogP contribution in [-0.2, 0) is 10.0 Å². The minimum atomic E-state index is -3.77. The summed E-state index contributed by atoms with van der Waals surface area (Å²) in [5, 5.41) is 17.9. The first kappa shape index (κ1) is 19.2. The molecular formula is C19H21ClN4O3S. The average molecular weight is 421 g/mol. The summed E-state index contributed by atoms with van der Waals surface area (Å²) in [4.78, 5) is 0.0712. The van der Waals surface area contributed by atoms with E-state index in [9.17, 15) is 13.5 Å². The number of aliphatic hydroxyl groups excluding tert-OH is 1. The number of rotatable bonds is 4. The first-order chi connectivity index (χ1) is 13.3. The molecule has 0 radical (unpaired) electrons. The van der Waals surface area contributed by atoms with E-state index in [2.05, 4.69) is 14.9 Å². The Hall–Kier alpha value is -2.13. The molecule has 148 valence electrons. The molecule has 3 aromatic rings. The summed E-state index contributed by atoms with van der Waals surface area (Å²) in [6.45, 7) is 1.92. The van der Waals surface area contributed by atoms with Crippen molar-refractivity contribution < 1.29 is 13.5 Å². The van der Waals surface area contributed by atoms with Crippen LogP contribution in [0.2, 0.25) is 5.02 Å². The summed E-state index contributed by atoms with van der Waals surface area (Å²) in [7, 11) is -3.77. The van der Waals surface area contributed by atoms with E-state index in [1.807, 2.05) is 19.1 Å². The van der Waals surface area contributed by atoms with Gasteiger partial charge in [0.2, 0.25) is 10.0 Å². The Labute approximate surface area is 167 Å². The summed E-state index contributed by atoms with van der Waals surface area (Å²) in [5.41, 5.74) is 9.25. The van der Waals surface area contributed by atoms with E-state index in [4.69, 9.17) is 17.3 Å². The first-order valence-electron chi connectivity index (χ1n) is 9.01. The van der Waals surface area contributed by atoms with E-state index in [-0.39, 0.29) is 4.90 Å². The van der Waals surface area contributed by atoms with Gasteiger partial charge in [-0.15, -0.1) is 0 Å². The molecule has 1 aliphatic rings. The van der Waals surface area contributed by atoms with Crippen molar-refractivity contribution in [3.05, 3.63) is 40.9 Å². The van der Waals surface area contributed by atoms with Crippen molar-refractivity contribution in [2.75, 3.05) is 5.73 Å². The lowest BCUT2D eigenvalue weighted by Gasteiger charge is -2.17. The number of aromatic nitrogens is 2. The molecule has 1 aliphatic carbocycles. The van der Waals surface area contributed by atoms with Gasteiger partial charge in [0.05, 0.1) is 16.5 Å². The number of benzene rings is 2. The highest BCUT2D eigenvalue weighted by atomic mass is 35.5.